The summed E-state index contributed by atoms with van der Waals surface area (Å²) in [7, 11) is -1.74. The van der Waals surface area contributed by atoms with Crippen molar-refractivity contribution in [3.8, 4) is 11.4 Å². The second-order valence-corrected chi connectivity index (χ2v) is 8.24. The summed E-state index contributed by atoms with van der Waals surface area (Å²) < 4.78 is 30.1. The van der Waals surface area contributed by atoms with Crippen molar-refractivity contribution in [2.24, 2.45) is 0 Å². The highest BCUT2D eigenvalue weighted by atomic mass is 32.2. The Bertz CT molecular complexity index is 1090. The molecule has 28 heavy (non-hydrogen) atoms. The lowest BCUT2D eigenvalue weighted by Gasteiger charge is -2.15. The fraction of sp³-hybridized carbons (Fsp3) is 0.211. The van der Waals surface area contributed by atoms with Crippen molar-refractivity contribution in [2.45, 2.75) is 13.5 Å². The number of anilines is 1. The van der Waals surface area contributed by atoms with E-state index in [4.69, 9.17) is 4.52 Å². The summed E-state index contributed by atoms with van der Waals surface area (Å²) in [5.74, 6) is 0.541. The first-order valence-electron chi connectivity index (χ1n) is 8.44. The fourth-order valence-electron chi connectivity index (χ4n) is 2.61. The Labute approximate surface area is 163 Å². The van der Waals surface area contributed by atoms with Gasteiger partial charge in [-0.2, -0.15) is 4.98 Å². The highest BCUT2D eigenvalue weighted by Gasteiger charge is 2.16. The largest absolute Gasteiger partial charge is 0.337 e. The minimum absolute atomic E-state index is 0.154. The molecular weight excluding hydrogens is 380 g/mol. The van der Waals surface area contributed by atoms with Gasteiger partial charge >= 0.3 is 0 Å². The van der Waals surface area contributed by atoms with Crippen LogP contribution in [0.1, 0.15) is 21.8 Å². The summed E-state index contributed by atoms with van der Waals surface area (Å²) in [6, 6.07) is 13.9. The number of nitrogens with one attached hydrogen (secondary N) is 1. The van der Waals surface area contributed by atoms with E-state index < -0.39 is 10.0 Å². The first kappa shape index (κ1) is 19.6. The van der Waals surface area contributed by atoms with Crippen LogP contribution in [0.2, 0.25) is 0 Å². The fourth-order valence-corrected chi connectivity index (χ4v) is 3.17. The lowest BCUT2D eigenvalue weighted by atomic mass is 10.1. The van der Waals surface area contributed by atoms with Gasteiger partial charge in [0.15, 0.2) is 0 Å². The van der Waals surface area contributed by atoms with E-state index in [1.54, 1.807) is 19.2 Å². The van der Waals surface area contributed by atoms with Crippen molar-refractivity contribution in [1.29, 1.82) is 0 Å². The normalized spacial score (nSPS) is 11.2. The van der Waals surface area contributed by atoms with E-state index in [9.17, 15) is 13.2 Å². The lowest BCUT2D eigenvalue weighted by molar-refractivity contribution is 0.0769. The molecule has 1 N–H and O–H groups in total. The molecule has 0 aliphatic heterocycles. The minimum Gasteiger partial charge on any atom is -0.337 e. The van der Waals surface area contributed by atoms with Crippen molar-refractivity contribution in [2.75, 3.05) is 18.0 Å². The smallest absolute Gasteiger partial charge is 0.254 e. The zero-order valence-corrected chi connectivity index (χ0v) is 16.5. The summed E-state index contributed by atoms with van der Waals surface area (Å²) in [6.07, 6.45) is 1.06. The Hall–Kier alpha value is -3.20. The van der Waals surface area contributed by atoms with Gasteiger partial charge in [-0.3, -0.25) is 9.52 Å². The van der Waals surface area contributed by atoms with E-state index in [0.717, 1.165) is 17.4 Å². The average Bonchev–Trinajstić information content (AvgIpc) is 3.09. The van der Waals surface area contributed by atoms with Crippen LogP contribution in [-0.2, 0) is 16.6 Å². The molecule has 0 spiro atoms. The number of amides is 1. The lowest BCUT2D eigenvalue weighted by Crippen LogP contribution is -2.26. The van der Waals surface area contributed by atoms with Gasteiger partial charge in [-0.05, 0) is 37.3 Å². The predicted molar refractivity (Wildman–Crippen MR) is 105 cm³/mol. The van der Waals surface area contributed by atoms with Crippen molar-refractivity contribution in [1.82, 2.24) is 15.0 Å². The van der Waals surface area contributed by atoms with Gasteiger partial charge < -0.3 is 9.42 Å². The van der Waals surface area contributed by atoms with Crippen molar-refractivity contribution >= 4 is 21.6 Å². The van der Waals surface area contributed by atoms with Crippen LogP contribution in [-0.4, -0.2) is 42.7 Å². The van der Waals surface area contributed by atoms with Gasteiger partial charge in [0, 0.05) is 23.9 Å². The maximum atomic E-state index is 12.6. The first-order valence-corrected chi connectivity index (χ1v) is 10.3. The van der Waals surface area contributed by atoms with Gasteiger partial charge in [0.25, 0.3) is 5.91 Å². The molecule has 0 aliphatic carbocycles. The van der Waals surface area contributed by atoms with Gasteiger partial charge in [0.05, 0.1) is 12.8 Å². The molecule has 0 bridgehead atoms. The highest BCUT2D eigenvalue weighted by molar-refractivity contribution is 7.92. The standard InChI is InChI=1S/C19H20N4O4S/c1-13-5-4-6-15(11-13)18-20-17(27-21-18)12-23(2)19(24)14-7-9-16(10-8-14)22-28(3,25)26/h4-11,22H,12H2,1-3H3. The van der Waals surface area contributed by atoms with Crippen LogP contribution < -0.4 is 4.72 Å². The summed E-state index contributed by atoms with van der Waals surface area (Å²) in [5.41, 5.74) is 2.74. The van der Waals surface area contributed by atoms with Crippen LogP contribution in [0.4, 0.5) is 5.69 Å². The monoisotopic (exact) mass is 400 g/mol. The minimum atomic E-state index is -3.36. The molecular formula is C19H20N4O4S. The van der Waals surface area contributed by atoms with E-state index in [2.05, 4.69) is 14.9 Å². The maximum absolute atomic E-state index is 12.6. The van der Waals surface area contributed by atoms with Crippen molar-refractivity contribution in [3.05, 3.63) is 65.5 Å². The zero-order valence-electron chi connectivity index (χ0n) is 15.7. The SMILES string of the molecule is Cc1cccc(-c2noc(CN(C)C(=O)c3ccc(NS(C)(=O)=O)cc3)n2)c1. The average molecular weight is 400 g/mol. The molecule has 0 radical (unpaired) electrons. The molecule has 146 valence electrons. The van der Waals surface area contributed by atoms with Crippen LogP contribution in [0.15, 0.2) is 53.1 Å². The van der Waals surface area contributed by atoms with E-state index in [0.29, 0.717) is 23.0 Å². The molecule has 8 nitrogen and oxygen atoms in total. The molecule has 3 rings (SSSR count). The third-order valence-corrected chi connectivity index (χ3v) is 4.51. The topological polar surface area (TPSA) is 105 Å². The molecule has 0 fully saturated rings. The number of carbonyl (C=O) groups is 1. The Morgan fingerprint density at radius 3 is 2.54 bits per heavy atom. The number of rotatable bonds is 6. The molecule has 1 amide bonds. The van der Waals surface area contributed by atoms with Crippen LogP contribution in [0.3, 0.4) is 0 Å². The van der Waals surface area contributed by atoms with Gasteiger partial charge in [-0.15, -0.1) is 0 Å². The van der Waals surface area contributed by atoms with Crippen molar-refractivity contribution < 1.29 is 17.7 Å². The molecule has 9 heteroatoms. The van der Waals surface area contributed by atoms with E-state index in [-0.39, 0.29) is 12.5 Å². The van der Waals surface area contributed by atoms with Crippen LogP contribution in [0.5, 0.6) is 0 Å². The third kappa shape index (κ3) is 4.95. The van der Waals surface area contributed by atoms with Crippen LogP contribution in [0, 0.1) is 6.92 Å². The molecule has 1 heterocycles. The molecule has 3 aromatic rings. The molecule has 2 aromatic carbocycles. The van der Waals surface area contributed by atoms with Gasteiger partial charge in [0.1, 0.15) is 0 Å². The first-order chi connectivity index (χ1) is 13.2. The second-order valence-electron chi connectivity index (χ2n) is 6.49. The summed E-state index contributed by atoms with van der Waals surface area (Å²) in [4.78, 5) is 18.4. The summed E-state index contributed by atoms with van der Waals surface area (Å²) in [6.45, 7) is 2.13. The third-order valence-electron chi connectivity index (χ3n) is 3.90. The molecule has 0 saturated heterocycles. The molecule has 1 aromatic heterocycles. The van der Waals surface area contributed by atoms with Crippen LogP contribution >= 0.6 is 0 Å². The number of carbonyl (C=O) groups excluding carboxylic acids is 1. The Kier molecular flexibility index (Phi) is 5.46. The second kappa shape index (κ2) is 7.81. The number of benzene rings is 2. The van der Waals surface area contributed by atoms with Gasteiger partial charge in [-0.25, -0.2) is 8.42 Å². The number of nitrogens with zero attached hydrogens (tertiary/aromatic N) is 3. The predicted octanol–water partition coefficient (Wildman–Crippen LogP) is 2.69. The Morgan fingerprint density at radius 1 is 1.18 bits per heavy atom. The Balaban J connectivity index is 1.67. The zero-order chi connectivity index (χ0) is 20.3. The number of sulfonamides is 1. The van der Waals surface area contributed by atoms with E-state index in [1.165, 1.54) is 17.0 Å². The van der Waals surface area contributed by atoms with Gasteiger partial charge in [-0.1, -0.05) is 28.9 Å². The summed E-state index contributed by atoms with van der Waals surface area (Å²) >= 11 is 0. The number of hydrogen-bond donors (Lipinski definition) is 1. The summed E-state index contributed by atoms with van der Waals surface area (Å²) in [5, 5.41) is 3.97. The number of hydrogen-bond acceptors (Lipinski definition) is 6. The van der Waals surface area contributed by atoms with E-state index in [1.807, 2.05) is 31.2 Å². The molecule has 0 atom stereocenters. The molecule has 0 aliphatic rings. The van der Waals surface area contributed by atoms with Crippen LogP contribution in [0.25, 0.3) is 11.4 Å². The highest BCUT2D eigenvalue weighted by Crippen LogP contribution is 2.18. The number of aryl methyl sites for hydroxylation is 1. The van der Waals surface area contributed by atoms with E-state index >= 15 is 0 Å². The van der Waals surface area contributed by atoms with Crippen molar-refractivity contribution in [3.63, 3.8) is 0 Å². The Morgan fingerprint density at radius 2 is 1.89 bits per heavy atom. The molecule has 0 saturated carbocycles. The van der Waals surface area contributed by atoms with Gasteiger partial charge in [0.2, 0.25) is 21.7 Å². The quantitative estimate of drug-likeness (QED) is 0.682. The number of aromatic nitrogens is 2. The maximum Gasteiger partial charge on any atom is 0.254 e. The molecule has 0 unspecified atom stereocenters.